The van der Waals surface area contributed by atoms with Crippen LogP contribution in [0.3, 0.4) is 0 Å². The SMILES string of the molecule is Nc1nnc(-c2ccc3c(c2)OCO3)c(NC(=O)Nc2ccccc2)n1. The highest BCUT2D eigenvalue weighted by Gasteiger charge is 2.18. The van der Waals surface area contributed by atoms with Gasteiger partial charge in [-0.2, -0.15) is 4.98 Å². The molecular weight excluding hydrogens is 336 g/mol. The lowest BCUT2D eigenvalue weighted by molar-refractivity contribution is 0.174. The van der Waals surface area contributed by atoms with E-state index in [1.165, 1.54) is 0 Å². The first kappa shape index (κ1) is 15.6. The van der Waals surface area contributed by atoms with Crippen LogP contribution in [0, 0.1) is 0 Å². The second-order valence-electron chi connectivity index (χ2n) is 5.38. The van der Waals surface area contributed by atoms with Crippen molar-refractivity contribution >= 4 is 23.5 Å². The Morgan fingerprint density at radius 1 is 1.00 bits per heavy atom. The van der Waals surface area contributed by atoms with Gasteiger partial charge in [-0.25, -0.2) is 4.79 Å². The van der Waals surface area contributed by atoms with Crippen LogP contribution in [0.4, 0.5) is 22.2 Å². The lowest BCUT2D eigenvalue weighted by atomic mass is 10.1. The molecule has 2 amide bonds. The Kier molecular flexibility index (Phi) is 3.94. The number of fused-ring (bicyclic) bond motifs is 1. The second kappa shape index (κ2) is 6.55. The van der Waals surface area contributed by atoms with Crippen LogP contribution in [-0.4, -0.2) is 28.0 Å². The van der Waals surface area contributed by atoms with Crippen molar-refractivity contribution in [3.05, 3.63) is 48.5 Å². The summed E-state index contributed by atoms with van der Waals surface area (Å²) in [6.45, 7) is 0.162. The highest BCUT2D eigenvalue weighted by Crippen LogP contribution is 2.36. The molecule has 4 N–H and O–H groups in total. The monoisotopic (exact) mass is 350 g/mol. The maximum absolute atomic E-state index is 12.3. The Morgan fingerprint density at radius 2 is 1.81 bits per heavy atom. The summed E-state index contributed by atoms with van der Waals surface area (Å²) in [5.74, 6) is 1.36. The lowest BCUT2D eigenvalue weighted by Gasteiger charge is -2.11. The third-order valence-electron chi connectivity index (χ3n) is 3.61. The van der Waals surface area contributed by atoms with E-state index in [9.17, 15) is 4.79 Å². The van der Waals surface area contributed by atoms with Gasteiger partial charge in [0.1, 0.15) is 5.69 Å². The molecule has 0 unspecified atom stereocenters. The third-order valence-corrected chi connectivity index (χ3v) is 3.61. The number of carbonyl (C=O) groups excluding carboxylic acids is 1. The molecule has 3 aromatic rings. The van der Waals surface area contributed by atoms with Crippen LogP contribution in [0.15, 0.2) is 48.5 Å². The van der Waals surface area contributed by atoms with Crippen molar-refractivity contribution in [2.45, 2.75) is 0 Å². The number of hydrogen-bond acceptors (Lipinski definition) is 7. The molecule has 0 saturated heterocycles. The van der Waals surface area contributed by atoms with Crippen molar-refractivity contribution in [3.63, 3.8) is 0 Å². The van der Waals surface area contributed by atoms with Crippen molar-refractivity contribution in [2.75, 3.05) is 23.2 Å². The quantitative estimate of drug-likeness (QED) is 0.663. The average Bonchev–Trinajstić information content (AvgIpc) is 3.10. The zero-order valence-corrected chi connectivity index (χ0v) is 13.5. The lowest BCUT2D eigenvalue weighted by Crippen LogP contribution is -2.21. The zero-order chi connectivity index (χ0) is 17.9. The highest BCUT2D eigenvalue weighted by atomic mass is 16.7. The largest absolute Gasteiger partial charge is 0.454 e. The van der Waals surface area contributed by atoms with Crippen LogP contribution in [0.25, 0.3) is 11.3 Å². The van der Waals surface area contributed by atoms with Gasteiger partial charge in [-0.3, -0.25) is 5.32 Å². The number of amides is 2. The molecule has 9 nitrogen and oxygen atoms in total. The molecule has 0 spiro atoms. The van der Waals surface area contributed by atoms with Crippen LogP contribution < -0.4 is 25.8 Å². The number of nitrogen functional groups attached to an aromatic ring is 1. The van der Waals surface area contributed by atoms with Gasteiger partial charge >= 0.3 is 6.03 Å². The molecule has 0 fully saturated rings. The zero-order valence-electron chi connectivity index (χ0n) is 13.5. The van der Waals surface area contributed by atoms with Gasteiger partial charge in [0.2, 0.25) is 12.7 Å². The predicted molar refractivity (Wildman–Crippen MR) is 94.9 cm³/mol. The Balaban J connectivity index is 1.62. The number of aromatic nitrogens is 3. The molecule has 2 heterocycles. The fourth-order valence-electron chi connectivity index (χ4n) is 2.46. The van der Waals surface area contributed by atoms with Gasteiger partial charge < -0.3 is 20.5 Å². The van der Waals surface area contributed by atoms with Crippen LogP contribution in [-0.2, 0) is 0 Å². The van der Waals surface area contributed by atoms with Gasteiger partial charge in [0, 0.05) is 11.3 Å². The normalized spacial score (nSPS) is 11.8. The van der Waals surface area contributed by atoms with E-state index < -0.39 is 6.03 Å². The number of rotatable bonds is 3. The fraction of sp³-hybridized carbons (Fsp3) is 0.0588. The first-order valence-corrected chi connectivity index (χ1v) is 7.72. The first-order chi connectivity index (χ1) is 12.7. The summed E-state index contributed by atoms with van der Waals surface area (Å²) in [4.78, 5) is 16.4. The number of hydrogen-bond donors (Lipinski definition) is 3. The van der Waals surface area contributed by atoms with E-state index in [1.807, 2.05) is 18.2 Å². The number of nitrogens with two attached hydrogens (primary N) is 1. The maximum Gasteiger partial charge on any atom is 0.324 e. The van der Waals surface area contributed by atoms with E-state index in [4.69, 9.17) is 15.2 Å². The topological polar surface area (TPSA) is 124 Å². The van der Waals surface area contributed by atoms with Gasteiger partial charge in [0.25, 0.3) is 0 Å². The number of para-hydroxylation sites is 1. The summed E-state index contributed by atoms with van der Waals surface area (Å²) in [7, 11) is 0. The molecule has 1 aromatic heterocycles. The van der Waals surface area contributed by atoms with Crippen LogP contribution in [0.5, 0.6) is 11.5 Å². The molecule has 4 rings (SSSR count). The molecule has 0 bridgehead atoms. The molecule has 1 aliphatic heterocycles. The van der Waals surface area contributed by atoms with Crippen LogP contribution in [0.2, 0.25) is 0 Å². The molecule has 1 aliphatic rings. The molecule has 0 aliphatic carbocycles. The molecule has 130 valence electrons. The van der Waals surface area contributed by atoms with Crippen LogP contribution >= 0.6 is 0 Å². The molecule has 9 heteroatoms. The molecule has 0 atom stereocenters. The standard InChI is InChI=1S/C17H14N6O3/c18-16-20-15(21-17(24)19-11-4-2-1-3-5-11)14(22-23-16)10-6-7-12-13(8-10)26-9-25-12/h1-8H,9H2,(H4,18,19,20,21,23,24). The van der Waals surface area contributed by atoms with Crippen molar-refractivity contribution in [1.29, 1.82) is 0 Å². The predicted octanol–water partition coefficient (Wildman–Crippen LogP) is 2.49. The number of anilines is 3. The maximum atomic E-state index is 12.3. The number of nitrogens with one attached hydrogen (secondary N) is 2. The third kappa shape index (κ3) is 3.18. The highest BCUT2D eigenvalue weighted by molar-refractivity contribution is 6.01. The van der Waals surface area contributed by atoms with E-state index >= 15 is 0 Å². The van der Waals surface area contributed by atoms with Crippen molar-refractivity contribution in [2.24, 2.45) is 0 Å². The van der Waals surface area contributed by atoms with Gasteiger partial charge in [-0.15, -0.1) is 10.2 Å². The number of benzene rings is 2. The van der Waals surface area contributed by atoms with Crippen molar-refractivity contribution < 1.29 is 14.3 Å². The Labute approximate surface area is 148 Å². The van der Waals surface area contributed by atoms with Gasteiger partial charge in [-0.05, 0) is 30.3 Å². The fourth-order valence-corrected chi connectivity index (χ4v) is 2.46. The van der Waals surface area contributed by atoms with E-state index in [0.29, 0.717) is 28.4 Å². The second-order valence-corrected chi connectivity index (χ2v) is 5.38. The van der Waals surface area contributed by atoms with Crippen molar-refractivity contribution in [3.8, 4) is 22.8 Å². The molecule has 0 saturated carbocycles. The van der Waals surface area contributed by atoms with Gasteiger partial charge in [0.15, 0.2) is 17.3 Å². The van der Waals surface area contributed by atoms with Gasteiger partial charge in [-0.1, -0.05) is 18.2 Å². The number of urea groups is 1. The smallest absolute Gasteiger partial charge is 0.324 e. The van der Waals surface area contributed by atoms with Crippen molar-refractivity contribution in [1.82, 2.24) is 15.2 Å². The van der Waals surface area contributed by atoms with E-state index in [2.05, 4.69) is 25.8 Å². The molecule has 0 radical (unpaired) electrons. The number of nitrogens with zero attached hydrogens (tertiary/aromatic N) is 3. The van der Waals surface area contributed by atoms with E-state index in [0.717, 1.165) is 0 Å². The summed E-state index contributed by atoms with van der Waals surface area (Å²) >= 11 is 0. The minimum atomic E-state index is -0.474. The van der Waals surface area contributed by atoms with E-state index in [1.54, 1.807) is 30.3 Å². The summed E-state index contributed by atoms with van der Waals surface area (Å²) in [5, 5.41) is 13.2. The molecule has 26 heavy (non-hydrogen) atoms. The first-order valence-electron chi connectivity index (χ1n) is 7.72. The number of carbonyl (C=O) groups is 1. The van der Waals surface area contributed by atoms with Gasteiger partial charge in [0.05, 0.1) is 0 Å². The van der Waals surface area contributed by atoms with Crippen LogP contribution in [0.1, 0.15) is 0 Å². The summed E-state index contributed by atoms with van der Waals surface area (Å²) < 4.78 is 10.7. The summed E-state index contributed by atoms with van der Waals surface area (Å²) in [6.07, 6.45) is 0. The molecular formula is C17H14N6O3. The Bertz CT molecular complexity index is 964. The Morgan fingerprint density at radius 3 is 2.65 bits per heavy atom. The minimum Gasteiger partial charge on any atom is -0.454 e. The van der Waals surface area contributed by atoms with E-state index in [-0.39, 0.29) is 18.6 Å². The molecule has 2 aromatic carbocycles. The number of ether oxygens (including phenoxy) is 2. The summed E-state index contributed by atoms with van der Waals surface area (Å²) in [6, 6.07) is 13.8. The minimum absolute atomic E-state index is 0.0514. The summed E-state index contributed by atoms with van der Waals surface area (Å²) in [5.41, 5.74) is 7.28. The Hall–Kier alpha value is -3.88. The average molecular weight is 350 g/mol.